The van der Waals surface area contributed by atoms with Crippen LogP contribution < -0.4 is 16.0 Å². The normalized spacial score (nSPS) is 10.1. The van der Waals surface area contributed by atoms with Crippen LogP contribution in [0.15, 0.2) is 42.6 Å². The van der Waals surface area contributed by atoms with Crippen LogP contribution in [-0.2, 0) is 6.54 Å². The molecule has 5 heteroatoms. The predicted octanol–water partition coefficient (Wildman–Crippen LogP) is 1.66. The molecule has 0 aliphatic heterocycles. The van der Waals surface area contributed by atoms with Crippen LogP contribution >= 0.6 is 0 Å². The van der Waals surface area contributed by atoms with E-state index < -0.39 is 0 Å². The molecule has 1 aromatic carbocycles. The van der Waals surface area contributed by atoms with E-state index in [1.165, 1.54) is 0 Å². The molecular weight excluding hydrogens is 252 g/mol. The van der Waals surface area contributed by atoms with Crippen LogP contribution in [-0.4, -0.2) is 25.0 Å². The molecular formula is C15H18N4O. The summed E-state index contributed by atoms with van der Waals surface area (Å²) in [5, 5.41) is 2.57. The Labute approximate surface area is 118 Å². The van der Waals surface area contributed by atoms with E-state index in [0.717, 1.165) is 16.9 Å². The van der Waals surface area contributed by atoms with Crippen LogP contribution in [0.2, 0.25) is 0 Å². The molecule has 0 spiro atoms. The lowest BCUT2D eigenvalue weighted by atomic mass is 10.2. The fourth-order valence-electron chi connectivity index (χ4n) is 1.97. The molecule has 3 N–H and O–H groups in total. The Morgan fingerprint density at radius 2 is 2.15 bits per heavy atom. The fourth-order valence-corrected chi connectivity index (χ4v) is 1.97. The molecule has 0 aliphatic carbocycles. The molecule has 0 atom stereocenters. The number of benzene rings is 1. The second-order valence-electron chi connectivity index (χ2n) is 4.58. The van der Waals surface area contributed by atoms with E-state index in [2.05, 4.69) is 10.3 Å². The van der Waals surface area contributed by atoms with Gasteiger partial charge in [0.25, 0.3) is 5.91 Å². The van der Waals surface area contributed by atoms with Crippen molar-refractivity contribution < 1.29 is 4.79 Å². The van der Waals surface area contributed by atoms with Gasteiger partial charge in [0, 0.05) is 38.2 Å². The highest BCUT2D eigenvalue weighted by atomic mass is 16.1. The summed E-state index contributed by atoms with van der Waals surface area (Å²) in [6.45, 7) is 0.711. The average Bonchev–Trinajstić information content (AvgIpc) is 2.46. The van der Waals surface area contributed by atoms with Crippen LogP contribution in [0.4, 0.5) is 11.4 Å². The molecule has 0 saturated carbocycles. The summed E-state index contributed by atoms with van der Waals surface area (Å²) in [5.74, 6) is -0.191. The number of aromatic nitrogens is 1. The zero-order valence-electron chi connectivity index (χ0n) is 11.6. The van der Waals surface area contributed by atoms with E-state index in [4.69, 9.17) is 5.73 Å². The second kappa shape index (κ2) is 6.06. The molecule has 0 aliphatic rings. The van der Waals surface area contributed by atoms with Crippen molar-refractivity contribution in [3.8, 4) is 0 Å². The summed E-state index contributed by atoms with van der Waals surface area (Å²) in [6.07, 6.45) is 1.63. The first-order valence-corrected chi connectivity index (χ1v) is 6.34. The largest absolute Gasteiger partial charge is 0.399 e. The van der Waals surface area contributed by atoms with Gasteiger partial charge in [-0.2, -0.15) is 0 Å². The minimum Gasteiger partial charge on any atom is -0.399 e. The van der Waals surface area contributed by atoms with Gasteiger partial charge in [-0.25, -0.2) is 0 Å². The molecule has 0 fully saturated rings. The monoisotopic (exact) mass is 270 g/mol. The smallest absolute Gasteiger partial charge is 0.269 e. The molecule has 0 radical (unpaired) electrons. The molecule has 2 rings (SSSR count). The van der Waals surface area contributed by atoms with Gasteiger partial charge in [0.05, 0.1) is 0 Å². The summed E-state index contributed by atoms with van der Waals surface area (Å²) >= 11 is 0. The van der Waals surface area contributed by atoms with Crippen molar-refractivity contribution in [2.24, 2.45) is 0 Å². The molecule has 0 saturated heterocycles. The van der Waals surface area contributed by atoms with Crippen molar-refractivity contribution in [3.05, 3.63) is 53.9 Å². The van der Waals surface area contributed by atoms with Gasteiger partial charge in [-0.1, -0.05) is 12.1 Å². The third-order valence-electron chi connectivity index (χ3n) is 3.01. The SMILES string of the molecule is CNC(=O)c1cc(N(C)Cc2cccc(N)c2)ccn1. The lowest BCUT2D eigenvalue weighted by molar-refractivity contribution is 0.0958. The van der Waals surface area contributed by atoms with E-state index in [-0.39, 0.29) is 5.91 Å². The van der Waals surface area contributed by atoms with Crippen molar-refractivity contribution in [1.29, 1.82) is 0 Å². The number of carbonyl (C=O) groups excluding carboxylic acids is 1. The van der Waals surface area contributed by atoms with Crippen molar-refractivity contribution in [3.63, 3.8) is 0 Å². The maximum Gasteiger partial charge on any atom is 0.269 e. The number of nitrogen functional groups attached to an aromatic ring is 1. The first kappa shape index (κ1) is 13.9. The Morgan fingerprint density at radius 1 is 1.35 bits per heavy atom. The number of nitrogens with two attached hydrogens (primary N) is 1. The van der Waals surface area contributed by atoms with Gasteiger partial charge in [0.2, 0.25) is 0 Å². The topological polar surface area (TPSA) is 71.2 Å². The van der Waals surface area contributed by atoms with Gasteiger partial charge in [0.15, 0.2) is 0 Å². The number of pyridine rings is 1. The predicted molar refractivity (Wildman–Crippen MR) is 80.6 cm³/mol. The molecule has 0 unspecified atom stereocenters. The van der Waals surface area contributed by atoms with Gasteiger partial charge in [-0.15, -0.1) is 0 Å². The van der Waals surface area contributed by atoms with Crippen LogP contribution in [0.5, 0.6) is 0 Å². The number of nitrogens with zero attached hydrogens (tertiary/aromatic N) is 2. The second-order valence-corrected chi connectivity index (χ2v) is 4.58. The summed E-state index contributed by atoms with van der Waals surface area (Å²) < 4.78 is 0. The van der Waals surface area contributed by atoms with Crippen LogP contribution in [0, 0.1) is 0 Å². The van der Waals surface area contributed by atoms with Gasteiger partial charge >= 0.3 is 0 Å². The number of carbonyl (C=O) groups is 1. The van der Waals surface area contributed by atoms with Crippen molar-refractivity contribution in [2.75, 3.05) is 24.7 Å². The fraction of sp³-hybridized carbons (Fsp3) is 0.200. The zero-order chi connectivity index (χ0) is 14.5. The minimum atomic E-state index is -0.191. The lowest BCUT2D eigenvalue weighted by Crippen LogP contribution is -2.21. The third kappa shape index (κ3) is 3.26. The van der Waals surface area contributed by atoms with E-state index in [9.17, 15) is 4.79 Å². The molecule has 1 heterocycles. The van der Waals surface area contributed by atoms with Gasteiger partial charge in [-0.3, -0.25) is 9.78 Å². The molecule has 1 aromatic heterocycles. The number of hydrogen-bond donors (Lipinski definition) is 2. The highest BCUT2D eigenvalue weighted by Gasteiger charge is 2.08. The van der Waals surface area contributed by atoms with E-state index in [1.54, 1.807) is 19.3 Å². The average molecular weight is 270 g/mol. The Kier molecular flexibility index (Phi) is 4.20. The first-order chi connectivity index (χ1) is 9.60. The number of anilines is 2. The maximum atomic E-state index is 11.6. The summed E-state index contributed by atoms with van der Waals surface area (Å²) in [5.41, 5.74) is 8.98. The molecule has 20 heavy (non-hydrogen) atoms. The minimum absolute atomic E-state index is 0.191. The number of amides is 1. The molecule has 2 aromatic rings. The summed E-state index contributed by atoms with van der Waals surface area (Å²) in [7, 11) is 3.55. The number of hydrogen-bond acceptors (Lipinski definition) is 4. The molecule has 104 valence electrons. The van der Waals surface area contributed by atoms with Crippen molar-refractivity contribution >= 4 is 17.3 Å². The quantitative estimate of drug-likeness (QED) is 0.829. The standard InChI is InChI=1S/C15H18N4O/c1-17-15(20)14-9-13(6-7-18-14)19(2)10-11-4-3-5-12(16)8-11/h3-9H,10,16H2,1-2H3,(H,17,20). The lowest BCUT2D eigenvalue weighted by Gasteiger charge is -2.20. The summed E-state index contributed by atoms with van der Waals surface area (Å²) in [6, 6.07) is 11.4. The first-order valence-electron chi connectivity index (χ1n) is 6.34. The van der Waals surface area contributed by atoms with Gasteiger partial charge in [-0.05, 0) is 29.8 Å². The highest BCUT2D eigenvalue weighted by molar-refractivity contribution is 5.92. The molecule has 5 nitrogen and oxygen atoms in total. The van der Waals surface area contributed by atoms with Crippen LogP contribution in [0.3, 0.4) is 0 Å². The van der Waals surface area contributed by atoms with Crippen molar-refractivity contribution in [1.82, 2.24) is 10.3 Å². The van der Waals surface area contributed by atoms with Gasteiger partial charge < -0.3 is 16.0 Å². The van der Waals surface area contributed by atoms with E-state index >= 15 is 0 Å². The Bertz CT molecular complexity index is 612. The molecule has 0 bridgehead atoms. The van der Waals surface area contributed by atoms with Gasteiger partial charge in [0.1, 0.15) is 5.69 Å². The summed E-state index contributed by atoms with van der Waals surface area (Å²) in [4.78, 5) is 17.7. The number of rotatable bonds is 4. The van der Waals surface area contributed by atoms with Crippen LogP contribution in [0.25, 0.3) is 0 Å². The maximum absolute atomic E-state index is 11.6. The van der Waals surface area contributed by atoms with Crippen molar-refractivity contribution in [2.45, 2.75) is 6.54 Å². The van der Waals surface area contributed by atoms with Crippen LogP contribution in [0.1, 0.15) is 16.1 Å². The number of nitrogens with one attached hydrogen (secondary N) is 1. The third-order valence-corrected chi connectivity index (χ3v) is 3.01. The Balaban J connectivity index is 2.17. The zero-order valence-corrected chi connectivity index (χ0v) is 11.6. The van der Waals surface area contributed by atoms with E-state index in [0.29, 0.717) is 12.2 Å². The Hall–Kier alpha value is -2.56. The highest BCUT2D eigenvalue weighted by Crippen LogP contribution is 2.17. The Morgan fingerprint density at radius 3 is 2.85 bits per heavy atom. The molecule has 1 amide bonds. The van der Waals surface area contributed by atoms with E-state index in [1.807, 2.05) is 42.3 Å².